The van der Waals surface area contributed by atoms with E-state index < -0.39 is 0 Å². The maximum absolute atomic E-state index is 13.2. The van der Waals surface area contributed by atoms with Gasteiger partial charge in [0.05, 0.1) is 24.3 Å². The molecular weight excluding hydrogens is 542 g/mol. The predicted molar refractivity (Wildman–Crippen MR) is 166 cm³/mol. The van der Waals surface area contributed by atoms with Crippen LogP contribution in [0, 0.1) is 0 Å². The standard InChI is InChI=1S/C31H33N3O4S2/c1-32-17-19-33(20-18-32)16-3-21-37-26-10-6-24(7-11-26)34-30(35)29(40-31(34)39)22-23-4-8-27(9-5-23)38-28-14-12-25(36-2)13-15-28/h4-15,22H,3,16-21H2,1-2H3. The first kappa shape index (κ1) is 28.2. The van der Waals surface area contributed by atoms with E-state index in [1.165, 1.54) is 11.8 Å². The van der Waals surface area contributed by atoms with Crippen LogP contribution >= 0.6 is 24.0 Å². The highest BCUT2D eigenvalue weighted by molar-refractivity contribution is 8.27. The number of thioether (sulfide) groups is 1. The maximum Gasteiger partial charge on any atom is 0.270 e. The second-order valence-corrected chi connectivity index (χ2v) is 11.4. The number of hydrogen-bond donors (Lipinski definition) is 0. The Morgan fingerprint density at radius 3 is 2.10 bits per heavy atom. The van der Waals surface area contributed by atoms with Crippen LogP contribution in [0.5, 0.6) is 23.0 Å². The number of likely N-dealkylation sites (N-methyl/N-ethyl adjacent to an activating group) is 1. The highest BCUT2D eigenvalue weighted by Crippen LogP contribution is 2.37. The van der Waals surface area contributed by atoms with E-state index in [0.29, 0.717) is 21.6 Å². The minimum Gasteiger partial charge on any atom is -0.497 e. The van der Waals surface area contributed by atoms with Gasteiger partial charge in [-0.1, -0.05) is 36.1 Å². The lowest BCUT2D eigenvalue weighted by Crippen LogP contribution is -2.44. The van der Waals surface area contributed by atoms with Crippen molar-refractivity contribution in [2.45, 2.75) is 6.42 Å². The van der Waals surface area contributed by atoms with Gasteiger partial charge in [-0.3, -0.25) is 9.69 Å². The quantitative estimate of drug-likeness (QED) is 0.168. The van der Waals surface area contributed by atoms with Crippen LogP contribution in [0.1, 0.15) is 12.0 Å². The van der Waals surface area contributed by atoms with Crippen molar-refractivity contribution < 1.29 is 19.0 Å². The lowest BCUT2D eigenvalue weighted by molar-refractivity contribution is -0.113. The van der Waals surface area contributed by atoms with E-state index in [-0.39, 0.29) is 5.91 Å². The van der Waals surface area contributed by atoms with Gasteiger partial charge in [0.1, 0.15) is 23.0 Å². The Bertz CT molecular complexity index is 1340. The van der Waals surface area contributed by atoms with Gasteiger partial charge in [-0.25, -0.2) is 0 Å². The van der Waals surface area contributed by atoms with E-state index in [0.717, 1.165) is 67.6 Å². The molecule has 1 amide bonds. The summed E-state index contributed by atoms with van der Waals surface area (Å²) in [4.78, 5) is 20.2. The molecule has 3 aromatic rings. The number of rotatable bonds is 10. The fourth-order valence-electron chi connectivity index (χ4n) is 4.49. The van der Waals surface area contributed by atoms with Crippen LogP contribution in [-0.4, -0.2) is 73.5 Å². The lowest BCUT2D eigenvalue weighted by Gasteiger charge is -2.32. The maximum atomic E-state index is 13.2. The predicted octanol–water partition coefficient (Wildman–Crippen LogP) is 5.91. The molecule has 2 fully saturated rings. The summed E-state index contributed by atoms with van der Waals surface area (Å²) in [6, 6.07) is 22.6. The van der Waals surface area contributed by atoms with Crippen molar-refractivity contribution in [3.05, 3.63) is 83.3 Å². The van der Waals surface area contributed by atoms with Crippen LogP contribution < -0.4 is 19.1 Å². The summed E-state index contributed by atoms with van der Waals surface area (Å²) in [5.41, 5.74) is 1.63. The van der Waals surface area contributed by atoms with Crippen LogP contribution in [0.25, 0.3) is 6.08 Å². The van der Waals surface area contributed by atoms with Crippen LogP contribution in [0.4, 0.5) is 5.69 Å². The number of methoxy groups -OCH3 is 1. The van der Waals surface area contributed by atoms with E-state index in [4.69, 9.17) is 26.4 Å². The van der Waals surface area contributed by atoms with Gasteiger partial charge in [-0.2, -0.15) is 0 Å². The molecule has 0 aromatic heterocycles. The summed E-state index contributed by atoms with van der Waals surface area (Å²) in [6.45, 7) is 6.20. The van der Waals surface area contributed by atoms with E-state index >= 15 is 0 Å². The fourth-order valence-corrected chi connectivity index (χ4v) is 5.79. The number of thiocarbonyl (C=S) groups is 1. The van der Waals surface area contributed by atoms with Gasteiger partial charge in [-0.05, 0) is 85.8 Å². The molecule has 0 spiro atoms. The summed E-state index contributed by atoms with van der Waals surface area (Å²) in [7, 11) is 3.80. The minimum absolute atomic E-state index is 0.130. The normalized spacial score (nSPS) is 17.4. The second-order valence-electron chi connectivity index (χ2n) is 9.70. The third-order valence-electron chi connectivity index (χ3n) is 6.84. The van der Waals surface area contributed by atoms with Crippen LogP contribution in [-0.2, 0) is 4.79 Å². The first-order chi connectivity index (χ1) is 19.5. The third kappa shape index (κ3) is 7.22. The van der Waals surface area contributed by atoms with E-state index in [2.05, 4.69) is 16.8 Å². The smallest absolute Gasteiger partial charge is 0.270 e. The van der Waals surface area contributed by atoms with Gasteiger partial charge in [-0.15, -0.1) is 0 Å². The molecule has 0 aliphatic carbocycles. The molecule has 2 aliphatic heterocycles. The van der Waals surface area contributed by atoms with Crippen molar-refractivity contribution in [3.8, 4) is 23.0 Å². The summed E-state index contributed by atoms with van der Waals surface area (Å²) in [5.74, 6) is 2.86. The van der Waals surface area contributed by atoms with Crippen molar-refractivity contribution in [1.29, 1.82) is 0 Å². The van der Waals surface area contributed by atoms with E-state index in [1.807, 2.05) is 78.9 Å². The van der Waals surface area contributed by atoms with Crippen molar-refractivity contribution in [3.63, 3.8) is 0 Å². The van der Waals surface area contributed by atoms with Gasteiger partial charge in [0.2, 0.25) is 0 Å². The zero-order valence-electron chi connectivity index (χ0n) is 22.7. The van der Waals surface area contributed by atoms with Crippen molar-refractivity contribution in [2.24, 2.45) is 0 Å². The van der Waals surface area contributed by atoms with E-state index in [9.17, 15) is 4.79 Å². The Balaban J connectivity index is 1.14. The third-order valence-corrected chi connectivity index (χ3v) is 8.15. The van der Waals surface area contributed by atoms with E-state index in [1.54, 1.807) is 12.0 Å². The number of ether oxygens (including phenoxy) is 3. The molecule has 0 unspecified atom stereocenters. The molecule has 3 aromatic carbocycles. The molecule has 7 nitrogen and oxygen atoms in total. The summed E-state index contributed by atoms with van der Waals surface area (Å²) in [6.07, 6.45) is 2.84. The second kappa shape index (κ2) is 13.3. The van der Waals surface area contributed by atoms with Crippen molar-refractivity contribution >= 4 is 46.0 Å². The largest absolute Gasteiger partial charge is 0.497 e. The zero-order valence-corrected chi connectivity index (χ0v) is 24.4. The summed E-state index contributed by atoms with van der Waals surface area (Å²) in [5, 5.41) is 0. The number of amides is 1. The Labute approximate surface area is 245 Å². The molecular formula is C31H33N3O4S2. The molecule has 9 heteroatoms. The number of carbonyl (C=O) groups excluding carboxylic acids is 1. The Kier molecular flexibility index (Phi) is 9.38. The van der Waals surface area contributed by atoms with Crippen LogP contribution in [0.2, 0.25) is 0 Å². The van der Waals surface area contributed by atoms with Crippen molar-refractivity contribution in [2.75, 3.05) is 58.4 Å². The van der Waals surface area contributed by atoms with Crippen LogP contribution in [0.3, 0.4) is 0 Å². The van der Waals surface area contributed by atoms with Gasteiger partial charge in [0, 0.05) is 32.7 Å². The van der Waals surface area contributed by atoms with Gasteiger partial charge in [0.25, 0.3) is 5.91 Å². The summed E-state index contributed by atoms with van der Waals surface area (Å²) >= 11 is 6.85. The first-order valence-electron chi connectivity index (χ1n) is 13.3. The molecule has 2 heterocycles. The first-order valence-corrected chi connectivity index (χ1v) is 14.5. The highest BCUT2D eigenvalue weighted by atomic mass is 32.2. The SMILES string of the molecule is COc1ccc(Oc2ccc(C=C3SC(=S)N(c4ccc(OCCCN5CCN(C)CC5)cc4)C3=O)cc2)cc1. The number of anilines is 1. The van der Waals surface area contributed by atoms with Gasteiger partial charge in [0.15, 0.2) is 4.32 Å². The fraction of sp³-hybridized carbons (Fsp3) is 0.290. The number of benzene rings is 3. The van der Waals surface area contributed by atoms with Gasteiger partial charge >= 0.3 is 0 Å². The topological polar surface area (TPSA) is 54.5 Å². The molecule has 208 valence electrons. The Morgan fingerprint density at radius 2 is 1.45 bits per heavy atom. The number of hydrogen-bond acceptors (Lipinski definition) is 8. The molecule has 0 bridgehead atoms. The minimum atomic E-state index is -0.130. The average molecular weight is 576 g/mol. The number of piperazine rings is 1. The zero-order chi connectivity index (χ0) is 27.9. The Morgan fingerprint density at radius 1 is 0.850 bits per heavy atom. The lowest BCUT2D eigenvalue weighted by atomic mass is 10.2. The van der Waals surface area contributed by atoms with Crippen molar-refractivity contribution in [1.82, 2.24) is 9.80 Å². The highest BCUT2D eigenvalue weighted by Gasteiger charge is 2.33. The number of nitrogens with zero attached hydrogens (tertiary/aromatic N) is 3. The monoisotopic (exact) mass is 575 g/mol. The molecule has 2 saturated heterocycles. The molecule has 0 atom stereocenters. The molecule has 0 saturated carbocycles. The molecule has 0 N–H and O–H groups in total. The van der Waals surface area contributed by atoms with Gasteiger partial charge < -0.3 is 24.0 Å². The van der Waals surface area contributed by atoms with Crippen LogP contribution in [0.15, 0.2) is 77.7 Å². The number of carbonyl (C=O) groups is 1. The molecule has 40 heavy (non-hydrogen) atoms. The summed E-state index contributed by atoms with van der Waals surface area (Å²) < 4.78 is 17.5. The molecule has 5 rings (SSSR count). The molecule has 0 radical (unpaired) electrons. The average Bonchev–Trinajstić information content (AvgIpc) is 3.26. The Hall–Kier alpha value is -3.37. The molecule has 2 aliphatic rings.